The van der Waals surface area contributed by atoms with E-state index in [1.807, 2.05) is 6.92 Å². The quantitative estimate of drug-likeness (QED) is 0.585. The van der Waals surface area contributed by atoms with Gasteiger partial charge in [0.25, 0.3) is 0 Å². The van der Waals surface area contributed by atoms with Gasteiger partial charge in [0.05, 0.1) is 12.0 Å². The molecule has 4 bridgehead atoms. The zero-order valence-electron chi connectivity index (χ0n) is 14.6. The first-order chi connectivity index (χ1) is 10.9. The van der Waals surface area contributed by atoms with Crippen molar-refractivity contribution < 1.29 is 14.3 Å². The van der Waals surface area contributed by atoms with E-state index in [2.05, 4.69) is 13.8 Å². The van der Waals surface area contributed by atoms with Crippen molar-refractivity contribution in [1.29, 1.82) is 0 Å². The third kappa shape index (κ3) is 1.96. The van der Waals surface area contributed by atoms with Gasteiger partial charge < -0.3 is 4.74 Å². The molecule has 4 fully saturated rings. The monoisotopic (exact) mass is 337 g/mol. The third-order valence-corrected chi connectivity index (χ3v) is 11.0. The van der Waals surface area contributed by atoms with Crippen LogP contribution in [0.3, 0.4) is 0 Å². The van der Waals surface area contributed by atoms with Gasteiger partial charge in [-0.2, -0.15) is 0 Å². The Morgan fingerprint density at radius 3 is 2.70 bits per heavy atom. The molecule has 1 unspecified atom stereocenters. The second kappa shape index (κ2) is 5.24. The second-order valence-electron chi connectivity index (χ2n) is 8.59. The van der Waals surface area contributed by atoms with Crippen molar-refractivity contribution in [3.63, 3.8) is 0 Å². The predicted molar refractivity (Wildman–Crippen MR) is 92.3 cm³/mol. The summed E-state index contributed by atoms with van der Waals surface area (Å²) in [6, 6.07) is 0. The number of rotatable bonds is 4. The zero-order chi connectivity index (χ0) is 16.4. The molecule has 3 nitrogen and oxygen atoms in total. The Morgan fingerprint density at radius 2 is 2.09 bits per heavy atom. The van der Waals surface area contributed by atoms with E-state index in [0.29, 0.717) is 40.5 Å². The van der Waals surface area contributed by atoms with Crippen LogP contribution in [-0.4, -0.2) is 34.6 Å². The van der Waals surface area contributed by atoms with Gasteiger partial charge in [-0.05, 0) is 43.9 Å². The van der Waals surface area contributed by atoms with Gasteiger partial charge >= 0.3 is 5.97 Å². The molecule has 0 N–H and O–H groups in total. The topological polar surface area (TPSA) is 43.4 Å². The van der Waals surface area contributed by atoms with Crippen LogP contribution in [0.4, 0.5) is 0 Å². The van der Waals surface area contributed by atoms with Gasteiger partial charge in [-0.15, -0.1) is 0 Å². The number of fused-ring (bicyclic) bond motifs is 4. The fourth-order valence-corrected chi connectivity index (χ4v) is 10.5. The van der Waals surface area contributed by atoms with Crippen LogP contribution >= 0.6 is 0 Å². The number of hydrogen-bond donors (Lipinski definition) is 0. The molecule has 0 spiro atoms. The molecule has 3 aliphatic carbocycles. The highest BCUT2D eigenvalue weighted by Gasteiger charge is 2.75. The number of ether oxygens (including phenoxy) is 1. The lowest BCUT2D eigenvalue weighted by atomic mass is 9.64. The molecule has 0 aromatic heterocycles. The molecule has 0 aromatic carbocycles. The minimum absolute atomic E-state index is 0.0393. The number of carbonyl (C=O) groups is 2. The SMILES string of the molecule is CCOC(=O)C[S+]1[C@H]2CC[C@H](C2)[C@H]1[C@]12CC[C@H](CC1=O)C2(C)C. The molecule has 128 valence electrons. The van der Waals surface area contributed by atoms with Crippen molar-refractivity contribution in [2.75, 3.05) is 12.4 Å². The number of hydrogen-bond acceptors (Lipinski definition) is 3. The first kappa shape index (κ1) is 16.0. The van der Waals surface area contributed by atoms with Gasteiger partial charge in [0.2, 0.25) is 5.75 Å². The molecule has 4 aliphatic rings. The molecule has 6 atom stereocenters. The minimum Gasteiger partial charge on any atom is -0.463 e. The van der Waals surface area contributed by atoms with Gasteiger partial charge in [-0.1, -0.05) is 13.8 Å². The molecular weight excluding hydrogens is 308 g/mol. The smallest absolute Gasteiger partial charge is 0.356 e. The van der Waals surface area contributed by atoms with Crippen molar-refractivity contribution in [3.05, 3.63) is 0 Å². The average molecular weight is 338 g/mol. The first-order valence-electron chi connectivity index (χ1n) is 9.29. The van der Waals surface area contributed by atoms with Crippen LogP contribution < -0.4 is 0 Å². The van der Waals surface area contributed by atoms with Gasteiger partial charge in [0.1, 0.15) is 16.3 Å². The predicted octanol–water partition coefficient (Wildman–Crippen LogP) is 3.11. The van der Waals surface area contributed by atoms with Crippen LogP contribution in [0.2, 0.25) is 0 Å². The third-order valence-electron chi connectivity index (χ3n) is 7.67. The van der Waals surface area contributed by atoms with E-state index >= 15 is 0 Å². The van der Waals surface area contributed by atoms with Crippen molar-refractivity contribution >= 4 is 22.6 Å². The van der Waals surface area contributed by atoms with Crippen LogP contribution in [0.25, 0.3) is 0 Å². The Morgan fingerprint density at radius 1 is 1.30 bits per heavy atom. The average Bonchev–Trinajstić information content (AvgIpc) is 3.18. The minimum atomic E-state index is -0.132. The van der Waals surface area contributed by atoms with Crippen molar-refractivity contribution in [3.8, 4) is 0 Å². The van der Waals surface area contributed by atoms with Crippen LogP contribution in [0, 0.1) is 22.7 Å². The van der Waals surface area contributed by atoms with E-state index < -0.39 is 0 Å². The molecule has 1 heterocycles. The van der Waals surface area contributed by atoms with Gasteiger partial charge in [-0.25, -0.2) is 4.79 Å². The standard InChI is InChI=1S/C19H29O3S/c1-4-22-16(21)11-23-14-6-5-12(9-14)17(23)19-8-7-13(10-15(19)20)18(19,2)3/h12-14,17H,4-11H2,1-3H3/q+1/t12-,13-,14+,17+,19+,23?/m1/s1. The fraction of sp³-hybridized carbons (Fsp3) is 0.895. The highest BCUT2D eigenvalue weighted by atomic mass is 32.2. The summed E-state index contributed by atoms with van der Waals surface area (Å²) in [4.78, 5) is 25.3. The maximum absolute atomic E-state index is 13.1. The Hall–Kier alpha value is -0.510. The maximum atomic E-state index is 13.1. The zero-order valence-corrected chi connectivity index (χ0v) is 15.4. The molecule has 0 aromatic rings. The summed E-state index contributed by atoms with van der Waals surface area (Å²) in [5.74, 6) is 2.30. The summed E-state index contributed by atoms with van der Waals surface area (Å²) in [6.45, 7) is 7.02. The van der Waals surface area contributed by atoms with Crippen molar-refractivity contribution in [1.82, 2.24) is 0 Å². The molecule has 1 aliphatic heterocycles. The molecule has 4 heteroatoms. The van der Waals surface area contributed by atoms with Crippen LogP contribution in [0.1, 0.15) is 59.3 Å². The molecule has 1 saturated heterocycles. The van der Waals surface area contributed by atoms with Crippen LogP contribution in [0.15, 0.2) is 0 Å². The molecule has 3 saturated carbocycles. The molecule has 23 heavy (non-hydrogen) atoms. The highest BCUT2D eigenvalue weighted by molar-refractivity contribution is 7.99. The number of esters is 1. The number of ketones is 1. The van der Waals surface area contributed by atoms with Gasteiger partial charge in [0, 0.05) is 29.7 Å². The van der Waals surface area contributed by atoms with Crippen molar-refractivity contribution in [2.24, 2.45) is 22.7 Å². The van der Waals surface area contributed by atoms with E-state index in [4.69, 9.17) is 4.74 Å². The highest BCUT2D eigenvalue weighted by Crippen LogP contribution is 2.70. The maximum Gasteiger partial charge on any atom is 0.356 e. The summed E-state index contributed by atoms with van der Waals surface area (Å²) in [7, 11) is 0.0503. The lowest BCUT2D eigenvalue weighted by Gasteiger charge is -2.43. The van der Waals surface area contributed by atoms with E-state index in [1.54, 1.807) is 0 Å². The Kier molecular flexibility index (Phi) is 3.64. The number of Topliss-reactive ketones (excluding diaryl/α,β-unsaturated/α-hetero) is 1. The van der Waals surface area contributed by atoms with Crippen LogP contribution in [-0.2, 0) is 25.2 Å². The summed E-state index contributed by atoms with van der Waals surface area (Å²) in [5, 5.41) is 1.13. The van der Waals surface area contributed by atoms with E-state index in [0.717, 1.165) is 12.8 Å². The Labute approximate surface area is 142 Å². The Bertz CT molecular complexity index is 543. The van der Waals surface area contributed by atoms with Gasteiger partial charge in [-0.3, -0.25) is 4.79 Å². The number of carbonyl (C=O) groups excluding carboxylic acids is 2. The second-order valence-corrected chi connectivity index (χ2v) is 11.0. The summed E-state index contributed by atoms with van der Waals surface area (Å²) in [5.41, 5.74) is -0.00769. The lowest BCUT2D eigenvalue weighted by molar-refractivity contribution is -0.140. The summed E-state index contributed by atoms with van der Waals surface area (Å²) < 4.78 is 5.26. The molecule has 0 amide bonds. The molecular formula is C19H29O3S+. The van der Waals surface area contributed by atoms with E-state index in [-0.39, 0.29) is 27.7 Å². The first-order valence-corrected chi connectivity index (χ1v) is 10.8. The molecule has 4 rings (SSSR count). The van der Waals surface area contributed by atoms with Crippen LogP contribution in [0.5, 0.6) is 0 Å². The normalized spacial score (nSPS) is 46.6. The fourth-order valence-electron chi connectivity index (χ4n) is 6.56. The summed E-state index contributed by atoms with van der Waals surface area (Å²) >= 11 is 0. The van der Waals surface area contributed by atoms with Crippen molar-refractivity contribution in [2.45, 2.75) is 69.8 Å². The van der Waals surface area contributed by atoms with Gasteiger partial charge in [0.15, 0.2) is 0 Å². The molecule has 0 radical (unpaired) electrons. The lowest BCUT2D eigenvalue weighted by Crippen LogP contribution is -2.54. The largest absolute Gasteiger partial charge is 0.463 e. The Balaban J connectivity index is 1.68. The summed E-state index contributed by atoms with van der Waals surface area (Å²) in [6.07, 6.45) is 6.86. The van der Waals surface area contributed by atoms with E-state index in [9.17, 15) is 9.59 Å². The van der Waals surface area contributed by atoms with E-state index in [1.165, 1.54) is 25.7 Å².